The van der Waals surface area contributed by atoms with Gasteiger partial charge in [0.2, 0.25) is 0 Å². The number of nitrogen functional groups attached to an aromatic ring is 1. The van der Waals surface area contributed by atoms with Gasteiger partial charge in [-0.15, -0.1) is 0 Å². The fourth-order valence-corrected chi connectivity index (χ4v) is 1.99. The Labute approximate surface area is 119 Å². The maximum absolute atomic E-state index is 13.3. The molecule has 2 N–H and O–H groups in total. The summed E-state index contributed by atoms with van der Waals surface area (Å²) >= 11 is 0. The van der Waals surface area contributed by atoms with E-state index in [0.29, 0.717) is 22.7 Å². The van der Waals surface area contributed by atoms with Crippen molar-refractivity contribution in [1.82, 2.24) is 0 Å². The average molecular weight is 273 g/mol. The maximum atomic E-state index is 13.3. The molecule has 2 aromatic rings. The molecule has 2 nitrogen and oxygen atoms in total. The fourth-order valence-electron chi connectivity index (χ4n) is 1.99. The van der Waals surface area contributed by atoms with Crippen molar-refractivity contribution in [2.45, 2.75) is 33.1 Å². The molecule has 0 fully saturated rings. The summed E-state index contributed by atoms with van der Waals surface area (Å²) in [5.41, 5.74) is 7.89. The van der Waals surface area contributed by atoms with E-state index in [1.807, 2.05) is 12.1 Å². The van der Waals surface area contributed by atoms with Crippen LogP contribution in [0.25, 0.3) is 0 Å². The van der Waals surface area contributed by atoms with E-state index in [1.54, 1.807) is 13.0 Å². The third-order valence-electron chi connectivity index (χ3n) is 3.26. The van der Waals surface area contributed by atoms with Gasteiger partial charge in [0.25, 0.3) is 0 Å². The SMILES string of the molecule is CCCCc1ccc(Oc2cc(C)c(F)cc2N)cc1. The molecule has 0 atom stereocenters. The zero-order valence-electron chi connectivity index (χ0n) is 11.9. The predicted octanol–water partition coefficient (Wildman–Crippen LogP) is 4.85. The molecular formula is C17H20FNO. The number of rotatable bonds is 5. The number of hydrogen-bond donors (Lipinski definition) is 1. The van der Waals surface area contributed by atoms with Crippen LogP contribution in [0.5, 0.6) is 11.5 Å². The van der Waals surface area contributed by atoms with Crippen molar-refractivity contribution in [3.05, 3.63) is 53.3 Å². The second-order valence-electron chi connectivity index (χ2n) is 4.99. The van der Waals surface area contributed by atoms with Crippen molar-refractivity contribution >= 4 is 5.69 Å². The molecule has 106 valence electrons. The number of halogens is 1. The highest BCUT2D eigenvalue weighted by atomic mass is 19.1. The Hall–Kier alpha value is -2.03. The van der Waals surface area contributed by atoms with Gasteiger partial charge in [0.05, 0.1) is 5.69 Å². The third-order valence-corrected chi connectivity index (χ3v) is 3.26. The number of anilines is 1. The quantitative estimate of drug-likeness (QED) is 0.790. The van der Waals surface area contributed by atoms with Gasteiger partial charge in [0.1, 0.15) is 11.6 Å². The van der Waals surface area contributed by atoms with Crippen LogP contribution in [0, 0.1) is 12.7 Å². The van der Waals surface area contributed by atoms with Crippen LogP contribution < -0.4 is 10.5 Å². The number of ether oxygens (including phenoxy) is 1. The van der Waals surface area contributed by atoms with E-state index in [0.717, 1.165) is 6.42 Å². The molecular weight excluding hydrogens is 253 g/mol. The summed E-state index contributed by atoms with van der Waals surface area (Å²) in [6.07, 6.45) is 3.45. The highest BCUT2D eigenvalue weighted by molar-refractivity contribution is 5.55. The van der Waals surface area contributed by atoms with E-state index >= 15 is 0 Å². The third kappa shape index (κ3) is 3.50. The van der Waals surface area contributed by atoms with Crippen molar-refractivity contribution in [2.75, 3.05) is 5.73 Å². The van der Waals surface area contributed by atoms with Crippen LogP contribution in [0.3, 0.4) is 0 Å². The number of unbranched alkanes of at least 4 members (excludes halogenated alkanes) is 1. The minimum atomic E-state index is -0.315. The molecule has 0 amide bonds. The topological polar surface area (TPSA) is 35.2 Å². The molecule has 0 saturated heterocycles. The van der Waals surface area contributed by atoms with Gasteiger partial charge < -0.3 is 10.5 Å². The second-order valence-corrected chi connectivity index (χ2v) is 4.99. The van der Waals surface area contributed by atoms with Crippen LogP contribution in [0.4, 0.5) is 10.1 Å². The van der Waals surface area contributed by atoms with Crippen LogP contribution in [0.15, 0.2) is 36.4 Å². The maximum Gasteiger partial charge on any atom is 0.150 e. The van der Waals surface area contributed by atoms with E-state index in [-0.39, 0.29) is 5.82 Å². The Kier molecular flexibility index (Phi) is 4.61. The summed E-state index contributed by atoms with van der Waals surface area (Å²) in [7, 11) is 0. The standard InChI is InChI=1S/C17H20FNO/c1-3-4-5-13-6-8-14(9-7-13)20-17-10-12(2)15(18)11-16(17)19/h6-11H,3-5,19H2,1-2H3. The molecule has 0 radical (unpaired) electrons. The Balaban J connectivity index is 2.12. The summed E-state index contributed by atoms with van der Waals surface area (Å²) in [5.74, 6) is 0.887. The Morgan fingerprint density at radius 2 is 1.85 bits per heavy atom. The average Bonchev–Trinajstić information content (AvgIpc) is 2.44. The number of benzene rings is 2. The van der Waals surface area contributed by atoms with Crippen LogP contribution in [-0.4, -0.2) is 0 Å². The van der Waals surface area contributed by atoms with E-state index < -0.39 is 0 Å². The highest BCUT2D eigenvalue weighted by Crippen LogP contribution is 2.30. The Morgan fingerprint density at radius 1 is 1.15 bits per heavy atom. The Morgan fingerprint density at radius 3 is 2.50 bits per heavy atom. The molecule has 0 aliphatic heterocycles. The van der Waals surface area contributed by atoms with Crippen LogP contribution in [0.1, 0.15) is 30.9 Å². The molecule has 0 unspecified atom stereocenters. The van der Waals surface area contributed by atoms with Gasteiger partial charge >= 0.3 is 0 Å². The van der Waals surface area contributed by atoms with Gasteiger partial charge in [-0.1, -0.05) is 25.5 Å². The smallest absolute Gasteiger partial charge is 0.150 e. The van der Waals surface area contributed by atoms with Crippen molar-refractivity contribution in [1.29, 1.82) is 0 Å². The first-order valence-electron chi connectivity index (χ1n) is 6.92. The normalized spacial score (nSPS) is 10.6. The molecule has 3 heteroatoms. The first-order valence-corrected chi connectivity index (χ1v) is 6.92. The summed E-state index contributed by atoms with van der Waals surface area (Å²) in [6, 6.07) is 10.9. The van der Waals surface area contributed by atoms with E-state index in [2.05, 4.69) is 19.1 Å². The van der Waals surface area contributed by atoms with Crippen LogP contribution in [-0.2, 0) is 6.42 Å². The van der Waals surface area contributed by atoms with Gasteiger partial charge in [0.15, 0.2) is 5.75 Å². The summed E-state index contributed by atoms with van der Waals surface area (Å²) in [5, 5.41) is 0. The van der Waals surface area contributed by atoms with Crippen LogP contribution >= 0.6 is 0 Å². The zero-order valence-corrected chi connectivity index (χ0v) is 11.9. The van der Waals surface area contributed by atoms with E-state index in [4.69, 9.17) is 10.5 Å². The molecule has 0 saturated carbocycles. The predicted molar refractivity (Wildman–Crippen MR) is 80.7 cm³/mol. The van der Waals surface area contributed by atoms with Gasteiger partial charge in [0, 0.05) is 6.07 Å². The molecule has 20 heavy (non-hydrogen) atoms. The highest BCUT2D eigenvalue weighted by Gasteiger charge is 2.07. The minimum Gasteiger partial charge on any atom is -0.455 e. The molecule has 0 heterocycles. The number of hydrogen-bond acceptors (Lipinski definition) is 2. The summed E-state index contributed by atoms with van der Waals surface area (Å²) in [6.45, 7) is 3.87. The van der Waals surface area contributed by atoms with Crippen LogP contribution in [0.2, 0.25) is 0 Å². The largest absolute Gasteiger partial charge is 0.455 e. The van der Waals surface area contributed by atoms with Gasteiger partial charge in [-0.3, -0.25) is 0 Å². The lowest BCUT2D eigenvalue weighted by Gasteiger charge is -2.10. The lowest BCUT2D eigenvalue weighted by molar-refractivity contribution is 0.482. The molecule has 2 aromatic carbocycles. The summed E-state index contributed by atoms with van der Waals surface area (Å²) in [4.78, 5) is 0. The molecule has 0 spiro atoms. The monoisotopic (exact) mass is 273 g/mol. The van der Waals surface area contributed by atoms with E-state index in [1.165, 1.54) is 24.5 Å². The zero-order chi connectivity index (χ0) is 14.5. The van der Waals surface area contributed by atoms with Crippen molar-refractivity contribution in [2.24, 2.45) is 0 Å². The molecule has 0 aliphatic rings. The van der Waals surface area contributed by atoms with Gasteiger partial charge in [-0.25, -0.2) is 4.39 Å². The lowest BCUT2D eigenvalue weighted by Crippen LogP contribution is -1.95. The summed E-state index contributed by atoms with van der Waals surface area (Å²) < 4.78 is 19.0. The lowest BCUT2D eigenvalue weighted by atomic mass is 10.1. The van der Waals surface area contributed by atoms with Crippen molar-refractivity contribution < 1.29 is 9.13 Å². The first kappa shape index (κ1) is 14.4. The van der Waals surface area contributed by atoms with Gasteiger partial charge in [-0.2, -0.15) is 0 Å². The van der Waals surface area contributed by atoms with E-state index in [9.17, 15) is 4.39 Å². The molecule has 0 bridgehead atoms. The fraction of sp³-hybridized carbons (Fsp3) is 0.294. The molecule has 0 aliphatic carbocycles. The number of nitrogens with two attached hydrogens (primary N) is 1. The minimum absolute atomic E-state index is 0.308. The number of aryl methyl sites for hydroxylation is 2. The van der Waals surface area contributed by atoms with Crippen molar-refractivity contribution in [3.8, 4) is 11.5 Å². The molecule has 2 rings (SSSR count). The first-order chi connectivity index (χ1) is 9.60. The molecule has 0 aromatic heterocycles. The Bertz CT molecular complexity index is 578. The van der Waals surface area contributed by atoms with Gasteiger partial charge in [-0.05, 0) is 49.1 Å². The second kappa shape index (κ2) is 6.42. The van der Waals surface area contributed by atoms with Crippen molar-refractivity contribution in [3.63, 3.8) is 0 Å².